The molecule has 2 atom stereocenters. The summed E-state index contributed by atoms with van der Waals surface area (Å²) < 4.78 is 26.9. The van der Waals surface area contributed by atoms with Crippen molar-refractivity contribution in [3.63, 3.8) is 0 Å². The van der Waals surface area contributed by atoms with Gasteiger partial charge in [0.2, 0.25) is 15.9 Å². The molecule has 1 N–H and O–H groups in total. The Labute approximate surface area is 131 Å². The average molecular weight is 326 g/mol. The Kier molecular flexibility index (Phi) is 4.89. The molecule has 1 fully saturated rings. The summed E-state index contributed by atoms with van der Waals surface area (Å²) in [5.74, 6) is -0.265. The second kappa shape index (κ2) is 6.36. The zero-order valence-electron chi connectivity index (χ0n) is 13.1. The van der Waals surface area contributed by atoms with Crippen molar-refractivity contribution in [1.82, 2.24) is 9.21 Å². The van der Waals surface area contributed by atoms with Crippen LogP contribution in [0.25, 0.3) is 0 Å². The Morgan fingerprint density at radius 2 is 1.86 bits per heavy atom. The highest BCUT2D eigenvalue weighted by Gasteiger charge is 2.43. The number of amides is 1. The fraction of sp³-hybridized carbons (Fsp3) is 0.533. The maximum absolute atomic E-state index is 12.9. The van der Waals surface area contributed by atoms with Gasteiger partial charge in [-0.3, -0.25) is 4.79 Å². The third-order valence-corrected chi connectivity index (χ3v) is 6.11. The molecule has 7 heteroatoms. The number of aliphatic hydroxyl groups excluding tert-OH is 1. The lowest BCUT2D eigenvalue weighted by atomic mass is 10.1. The van der Waals surface area contributed by atoms with Gasteiger partial charge in [-0.15, -0.1) is 0 Å². The molecule has 0 saturated carbocycles. The Hall–Kier alpha value is -1.44. The van der Waals surface area contributed by atoms with E-state index in [2.05, 4.69) is 0 Å². The molecule has 1 aromatic rings. The van der Waals surface area contributed by atoms with Crippen molar-refractivity contribution >= 4 is 15.9 Å². The van der Waals surface area contributed by atoms with Crippen molar-refractivity contribution in [2.24, 2.45) is 0 Å². The van der Waals surface area contributed by atoms with E-state index in [1.807, 2.05) is 6.92 Å². The highest BCUT2D eigenvalue weighted by atomic mass is 32.2. The number of rotatable bonds is 4. The molecule has 0 radical (unpaired) electrons. The molecule has 1 aliphatic rings. The van der Waals surface area contributed by atoms with Gasteiger partial charge in [-0.25, -0.2) is 8.42 Å². The number of nitrogens with zero attached hydrogens (tertiary/aromatic N) is 2. The van der Waals surface area contributed by atoms with Crippen molar-refractivity contribution in [3.05, 3.63) is 29.8 Å². The summed E-state index contributed by atoms with van der Waals surface area (Å²) in [4.78, 5) is 13.7. The maximum atomic E-state index is 12.9. The second-order valence-corrected chi connectivity index (χ2v) is 7.41. The van der Waals surface area contributed by atoms with Gasteiger partial charge in [-0.1, -0.05) is 19.1 Å². The van der Waals surface area contributed by atoms with E-state index < -0.39 is 22.1 Å². The molecule has 6 nitrogen and oxygen atoms in total. The topological polar surface area (TPSA) is 77.9 Å². The molecule has 1 aromatic carbocycles. The number of carbonyl (C=O) groups excluding carboxylic acids is 1. The summed E-state index contributed by atoms with van der Waals surface area (Å²) in [5.41, 5.74) is 1.04. The predicted molar refractivity (Wildman–Crippen MR) is 82.8 cm³/mol. The third kappa shape index (κ3) is 2.88. The van der Waals surface area contributed by atoms with Crippen LogP contribution in [-0.4, -0.2) is 60.9 Å². The van der Waals surface area contributed by atoms with E-state index >= 15 is 0 Å². The summed E-state index contributed by atoms with van der Waals surface area (Å²) in [5, 5.41) is 9.53. The number of aryl methyl sites for hydroxylation is 1. The number of sulfonamides is 1. The molecule has 0 unspecified atom stereocenters. The standard InChI is InChI=1S/C15H22N2O4S/c1-4-12-5-7-14(8-6-12)22(20,21)17-11(2)15(19)16(3)9-13(17)10-18/h5-8,11,13,18H,4,9-10H2,1-3H3/t11-,13+/m0/s1. The Bertz CT molecular complexity index is 642. The number of likely N-dealkylation sites (N-methyl/N-ethyl adjacent to an activating group) is 1. The molecule has 0 bridgehead atoms. The van der Waals surface area contributed by atoms with E-state index in [4.69, 9.17) is 0 Å². The molecule has 1 saturated heterocycles. The third-order valence-electron chi connectivity index (χ3n) is 4.08. The summed E-state index contributed by atoms with van der Waals surface area (Å²) in [6, 6.07) is 5.18. The van der Waals surface area contributed by atoms with Crippen LogP contribution in [0.5, 0.6) is 0 Å². The van der Waals surface area contributed by atoms with Crippen LogP contribution in [0.4, 0.5) is 0 Å². The van der Waals surface area contributed by atoms with Crippen LogP contribution in [0.1, 0.15) is 19.4 Å². The van der Waals surface area contributed by atoms with Crippen LogP contribution in [-0.2, 0) is 21.2 Å². The van der Waals surface area contributed by atoms with Gasteiger partial charge in [-0.2, -0.15) is 4.31 Å². The van der Waals surface area contributed by atoms with Gasteiger partial charge in [0, 0.05) is 13.6 Å². The fourth-order valence-corrected chi connectivity index (χ4v) is 4.55. The number of piperazine rings is 1. The van der Waals surface area contributed by atoms with Crippen LogP contribution in [0.2, 0.25) is 0 Å². The summed E-state index contributed by atoms with van der Waals surface area (Å²) in [7, 11) is -2.22. The molecule has 1 heterocycles. The van der Waals surface area contributed by atoms with Gasteiger partial charge in [0.1, 0.15) is 6.04 Å². The second-order valence-electron chi connectivity index (χ2n) is 5.56. The van der Waals surface area contributed by atoms with Gasteiger partial charge < -0.3 is 10.0 Å². The van der Waals surface area contributed by atoms with Crippen molar-refractivity contribution in [2.75, 3.05) is 20.2 Å². The lowest BCUT2D eigenvalue weighted by molar-refractivity contribution is -0.139. The minimum absolute atomic E-state index is 0.146. The predicted octanol–water partition coefficient (Wildman–Crippen LogP) is 0.461. The smallest absolute Gasteiger partial charge is 0.244 e. The van der Waals surface area contributed by atoms with Crippen LogP contribution in [0.15, 0.2) is 29.2 Å². The first-order valence-electron chi connectivity index (χ1n) is 7.31. The minimum Gasteiger partial charge on any atom is -0.395 e. The van der Waals surface area contributed by atoms with Gasteiger partial charge >= 0.3 is 0 Å². The number of hydrogen-bond donors (Lipinski definition) is 1. The highest BCUT2D eigenvalue weighted by Crippen LogP contribution is 2.25. The molecule has 0 aromatic heterocycles. The normalized spacial score (nSPS) is 23.8. The maximum Gasteiger partial charge on any atom is 0.244 e. The summed E-state index contributed by atoms with van der Waals surface area (Å²) in [6.07, 6.45) is 0.822. The minimum atomic E-state index is -3.83. The number of benzene rings is 1. The van der Waals surface area contributed by atoms with E-state index in [-0.39, 0.29) is 24.0 Å². The molecular weight excluding hydrogens is 304 g/mol. The molecule has 2 rings (SSSR count). The molecule has 0 spiro atoms. The van der Waals surface area contributed by atoms with Crippen LogP contribution < -0.4 is 0 Å². The van der Waals surface area contributed by atoms with E-state index in [0.29, 0.717) is 0 Å². The zero-order valence-corrected chi connectivity index (χ0v) is 13.9. The fourth-order valence-electron chi connectivity index (χ4n) is 2.79. The van der Waals surface area contributed by atoms with Gasteiger partial charge in [-0.05, 0) is 31.0 Å². The molecule has 0 aliphatic carbocycles. The van der Waals surface area contributed by atoms with Crippen LogP contribution >= 0.6 is 0 Å². The Morgan fingerprint density at radius 3 is 2.36 bits per heavy atom. The lowest BCUT2D eigenvalue weighted by Gasteiger charge is -2.41. The largest absolute Gasteiger partial charge is 0.395 e. The summed E-state index contributed by atoms with van der Waals surface area (Å²) >= 11 is 0. The molecular formula is C15H22N2O4S. The highest BCUT2D eigenvalue weighted by molar-refractivity contribution is 7.89. The first-order valence-corrected chi connectivity index (χ1v) is 8.75. The van der Waals surface area contributed by atoms with E-state index in [0.717, 1.165) is 16.3 Å². The van der Waals surface area contributed by atoms with Crippen molar-refractivity contribution in [3.8, 4) is 0 Å². The quantitative estimate of drug-likeness (QED) is 0.872. The molecule has 1 amide bonds. The van der Waals surface area contributed by atoms with Crippen molar-refractivity contribution < 1.29 is 18.3 Å². The SMILES string of the molecule is CCc1ccc(S(=O)(=O)N2[C@@H](CO)CN(C)C(=O)[C@@H]2C)cc1. The van der Waals surface area contributed by atoms with Crippen LogP contribution in [0, 0.1) is 0 Å². The number of hydrogen-bond acceptors (Lipinski definition) is 4. The monoisotopic (exact) mass is 326 g/mol. The first-order chi connectivity index (χ1) is 10.3. The molecule has 1 aliphatic heterocycles. The number of carbonyl (C=O) groups is 1. The zero-order chi connectivity index (χ0) is 16.5. The Balaban J connectivity index is 2.42. The molecule has 122 valence electrons. The van der Waals surface area contributed by atoms with E-state index in [1.54, 1.807) is 38.2 Å². The first kappa shape index (κ1) is 16.9. The average Bonchev–Trinajstić information content (AvgIpc) is 2.51. The molecule has 22 heavy (non-hydrogen) atoms. The van der Waals surface area contributed by atoms with Crippen molar-refractivity contribution in [2.45, 2.75) is 37.2 Å². The number of aliphatic hydroxyl groups is 1. The van der Waals surface area contributed by atoms with E-state index in [1.165, 1.54) is 4.90 Å². The van der Waals surface area contributed by atoms with Gasteiger partial charge in [0.15, 0.2) is 0 Å². The van der Waals surface area contributed by atoms with Gasteiger partial charge in [0.25, 0.3) is 0 Å². The Morgan fingerprint density at radius 1 is 1.27 bits per heavy atom. The van der Waals surface area contributed by atoms with E-state index in [9.17, 15) is 18.3 Å². The lowest BCUT2D eigenvalue weighted by Crippen LogP contribution is -2.62. The van der Waals surface area contributed by atoms with Crippen LogP contribution in [0.3, 0.4) is 0 Å². The van der Waals surface area contributed by atoms with Crippen molar-refractivity contribution in [1.29, 1.82) is 0 Å². The summed E-state index contributed by atoms with van der Waals surface area (Å²) in [6.45, 7) is 3.41. The van der Waals surface area contributed by atoms with Gasteiger partial charge in [0.05, 0.1) is 17.5 Å².